The number of nitrogens with zero attached hydrogens (tertiary/aromatic N) is 3. The lowest BCUT2D eigenvalue weighted by Gasteiger charge is -1.99. The fourth-order valence-electron chi connectivity index (χ4n) is 2.54. The summed E-state index contributed by atoms with van der Waals surface area (Å²) in [6.45, 7) is 2.02. The van der Waals surface area contributed by atoms with E-state index in [1.54, 1.807) is 0 Å². The zero-order valence-electron chi connectivity index (χ0n) is 15.1. The van der Waals surface area contributed by atoms with Crippen molar-refractivity contribution in [1.82, 2.24) is 15.1 Å². The monoisotopic (exact) mass is 395 g/mol. The molecular formula is C20H17N3O4S. The third kappa shape index (κ3) is 4.23. The Bertz CT molecular complexity index is 1060. The normalized spacial score (nSPS) is 11.0. The highest BCUT2D eigenvalue weighted by Crippen LogP contribution is 2.23. The molecule has 142 valence electrons. The van der Waals surface area contributed by atoms with Crippen LogP contribution in [0.5, 0.6) is 0 Å². The lowest BCUT2D eigenvalue weighted by molar-refractivity contribution is -0.142. The minimum absolute atomic E-state index is 0.0757. The molecule has 0 aliphatic rings. The zero-order chi connectivity index (χ0) is 19.3. The Balaban J connectivity index is 1.29. The molecule has 0 spiro atoms. The summed E-state index contributed by atoms with van der Waals surface area (Å²) in [6, 6.07) is 15.4. The van der Waals surface area contributed by atoms with E-state index in [2.05, 4.69) is 22.0 Å². The van der Waals surface area contributed by atoms with Crippen LogP contribution in [0.1, 0.15) is 18.4 Å². The van der Waals surface area contributed by atoms with Crippen LogP contribution >= 0.6 is 11.8 Å². The van der Waals surface area contributed by atoms with E-state index in [0.717, 1.165) is 17.5 Å². The first-order valence-corrected chi connectivity index (χ1v) is 9.75. The summed E-state index contributed by atoms with van der Waals surface area (Å²) in [5.41, 5.74) is 3.52. The largest absolute Gasteiger partial charge is 0.455 e. The number of rotatable bonds is 7. The van der Waals surface area contributed by atoms with E-state index in [9.17, 15) is 4.79 Å². The van der Waals surface area contributed by atoms with Crippen molar-refractivity contribution < 1.29 is 18.5 Å². The first-order valence-electron chi connectivity index (χ1n) is 8.77. The minimum Gasteiger partial charge on any atom is -0.455 e. The fraction of sp³-hybridized carbons (Fsp3) is 0.200. The number of aryl methyl sites for hydroxylation is 1. The van der Waals surface area contributed by atoms with Crippen LogP contribution in [-0.4, -0.2) is 26.8 Å². The van der Waals surface area contributed by atoms with E-state index < -0.39 is 5.97 Å². The van der Waals surface area contributed by atoms with Gasteiger partial charge in [0.05, 0.1) is 0 Å². The van der Waals surface area contributed by atoms with Crippen molar-refractivity contribution in [3.63, 3.8) is 0 Å². The first-order chi connectivity index (χ1) is 13.7. The SMILES string of the molecule is CCc1ccc(-c2noc(COC(=O)CSc3nc4ccccc4o3)n2)cc1. The molecule has 4 aromatic rings. The van der Waals surface area contributed by atoms with Crippen molar-refractivity contribution in [1.29, 1.82) is 0 Å². The molecule has 2 aromatic carbocycles. The average Bonchev–Trinajstić information content (AvgIpc) is 3.37. The highest BCUT2D eigenvalue weighted by atomic mass is 32.2. The molecule has 0 unspecified atom stereocenters. The number of hydrogen-bond acceptors (Lipinski definition) is 8. The standard InChI is InChI=1S/C20H17N3O4S/c1-2-13-7-9-14(10-8-13)19-22-17(27-23-19)11-25-18(24)12-28-20-21-15-5-3-4-6-16(15)26-20/h3-10H,2,11-12H2,1H3. The van der Waals surface area contributed by atoms with Gasteiger partial charge in [0.2, 0.25) is 5.82 Å². The van der Waals surface area contributed by atoms with E-state index in [-0.39, 0.29) is 18.3 Å². The molecule has 0 aliphatic carbocycles. The van der Waals surface area contributed by atoms with Crippen LogP contribution in [0, 0.1) is 0 Å². The lowest BCUT2D eigenvalue weighted by atomic mass is 10.1. The van der Waals surface area contributed by atoms with Crippen LogP contribution in [0.25, 0.3) is 22.5 Å². The number of carbonyl (C=O) groups is 1. The molecule has 0 bridgehead atoms. The molecular weight excluding hydrogens is 378 g/mol. The Hall–Kier alpha value is -3.13. The van der Waals surface area contributed by atoms with Gasteiger partial charge in [0, 0.05) is 5.56 Å². The Labute approximate surface area is 165 Å². The number of oxazole rings is 1. The van der Waals surface area contributed by atoms with Crippen molar-refractivity contribution in [2.24, 2.45) is 0 Å². The molecule has 0 saturated heterocycles. The highest BCUT2D eigenvalue weighted by Gasteiger charge is 2.13. The quantitative estimate of drug-likeness (QED) is 0.338. The lowest BCUT2D eigenvalue weighted by Crippen LogP contribution is -2.07. The van der Waals surface area contributed by atoms with Gasteiger partial charge in [-0.25, -0.2) is 4.98 Å². The number of ether oxygens (including phenoxy) is 1. The number of benzene rings is 2. The van der Waals surface area contributed by atoms with Crippen molar-refractivity contribution in [3.8, 4) is 11.4 Å². The molecule has 2 aromatic heterocycles. The Morgan fingerprint density at radius 1 is 1.11 bits per heavy atom. The average molecular weight is 395 g/mol. The van der Waals surface area contributed by atoms with Gasteiger partial charge in [0.15, 0.2) is 12.2 Å². The third-order valence-corrected chi connectivity index (χ3v) is 4.83. The zero-order valence-corrected chi connectivity index (χ0v) is 15.9. The number of thioether (sulfide) groups is 1. The molecule has 2 heterocycles. The molecule has 0 radical (unpaired) electrons. The first kappa shape index (κ1) is 18.2. The topological polar surface area (TPSA) is 91.2 Å². The Morgan fingerprint density at radius 3 is 2.71 bits per heavy atom. The van der Waals surface area contributed by atoms with E-state index in [4.69, 9.17) is 13.7 Å². The van der Waals surface area contributed by atoms with Gasteiger partial charge in [0.25, 0.3) is 11.1 Å². The van der Waals surface area contributed by atoms with Crippen LogP contribution in [0.4, 0.5) is 0 Å². The van der Waals surface area contributed by atoms with E-state index >= 15 is 0 Å². The summed E-state index contributed by atoms with van der Waals surface area (Å²) >= 11 is 1.18. The van der Waals surface area contributed by atoms with Crippen molar-refractivity contribution in [3.05, 3.63) is 60.0 Å². The molecule has 0 atom stereocenters. The molecule has 8 heteroatoms. The highest BCUT2D eigenvalue weighted by molar-refractivity contribution is 7.99. The van der Waals surface area contributed by atoms with Gasteiger partial charge in [0.1, 0.15) is 11.3 Å². The van der Waals surface area contributed by atoms with Crippen LogP contribution < -0.4 is 0 Å². The number of hydrogen-bond donors (Lipinski definition) is 0. The van der Waals surface area contributed by atoms with Gasteiger partial charge in [-0.15, -0.1) is 0 Å². The summed E-state index contributed by atoms with van der Waals surface area (Å²) in [7, 11) is 0. The molecule has 7 nitrogen and oxygen atoms in total. The second kappa shape index (κ2) is 8.26. The Morgan fingerprint density at radius 2 is 1.93 bits per heavy atom. The van der Waals surface area contributed by atoms with Gasteiger partial charge in [-0.05, 0) is 24.1 Å². The second-order valence-corrected chi connectivity index (χ2v) is 6.89. The van der Waals surface area contributed by atoms with Crippen molar-refractivity contribution in [2.45, 2.75) is 25.2 Å². The van der Waals surface area contributed by atoms with Gasteiger partial charge < -0.3 is 13.7 Å². The van der Waals surface area contributed by atoms with Crippen LogP contribution in [0.15, 0.2) is 62.7 Å². The third-order valence-electron chi connectivity index (χ3n) is 4.03. The van der Waals surface area contributed by atoms with E-state index in [0.29, 0.717) is 16.6 Å². The molecule has 0 N–H and O–H groups in total. The molecule has 0 amide bonds. The Kier molecular flexibility index (Phi) is 5.38. The predicted octanol–water partition coefficient (Wildman–Crippen LogP) is 4.28. The number of carbonyl (C=O) groups excluding carboxylic acids is 1. The molecule has 0 aliphatic heterocycles. The molecule has 0 saturated carbocycles. The number of para-hydroxylation sites is 2. The van der Waals surface area contributed by atoms with Crippen LogP contribution in [-0.2, 0) is 22.6 Å². The number of esters is 1. The second-order valence-electron chi connectivity index (χ2n) is 5.96. The summed E-state index contributed by atoms with van der Waals surface area (Å²) in [4.78, 5) is 20.5. The fourth-order valence-corrected chi connectivity index (χ4v) is 3.17. The summed E-state index contributed by atoms with van der Waals surface area (Å²) in [6.07, 6.45) is 0.968. The molecule has 4 rings (SSSR count). The van der Waals surface area contributed by atoms with E-state index in [1.165, 1.54) is 17.3 Å². The predicted molar refractivity (Wildman–Crippen MR) is 104 cm³/mol. The number of fused-ring (bicyclic) bond motifs is 1. The van der Waals surface area contributed by atoms with E-state index in [1.807, 2.05) is 48.5 Å². The van der Waals surface area contributed by atoms with Gasteiger partial charge in [-0.2, -0.15) is 4.98 Å². The van der Waals surface area contributed by atoms with Crippen molar-refractivity contribution in [2.75, 3.05) is 5.75 Å². The number of aromatic nitrogens is 3. The van der Waals surface area contributed by atoms with Gasteiger partial charge in [-0.1, -0.05) is 60.2 Å². The van der Waals surface area contributed by atoms with Crippen molar-refractivity contribution >= 4 is 28.8 Å². The maximum atomic E-state index is 11.9. The maximum Gasteiger partial charge on any atom is 0.316 e. The smallest absolute Gasteiger partial charge is 0.316 e. The summed E-state index contributed by atoms with van der Waals surface area (Å²) in [5, 5.41) is 4.35. The minimum atomic E-state index is -0.417. The van der Waals surface area contributed by atoms with Crippen LogP contribution in [0.3, 0.4) is 0 Å². The van der Waals surface area contributed by atoms with Gasteiger partial charge in [-0.3, -0.25) is 4.79 Å². The molecule has 0 fully saturated rings. The summed E-state index contributed by atoms with van der Waals surface area (Å²) in [5.74, 6) is 0.371. The molecule has 28 heavy (non-hydrogen) atoms. The van der Waals surface area contributed by atoms with Gasteiger partial charge >= 0.3 is 5.97 Å². The summed E-state index contributed by atoms with van der Waals surface area (Å²) < 4.78 is 15.9. The maximum absolute atomic E-state index is 11.9. The van der Waals surface area contributed by atoms with Crippen LogP contribution in [0.2, 0.25) is 0 Å².